The van der Waals surface area contributed by atoms with E-state index in [0.717, 1.165) is 11.9 Å². The summed E-state index contributed by atoms with van der Waals surface area (Å²) in [6.45, 7) is 4.43. The number of hydrogen-bond acceptors (Lipinski definition) is 4. The van der Waals surface area contributed by atoms with Gasteiger partial charge >= 0.3 is 0 Å². The number of thioether (sulfide) groups is 1. The van der Waals surface area contributed by atoms with Gasteiger partial charge in [0.2, 0.25) is 0 Å². The lowest BCUT2D eigenvalue weighted by Crippen LogP contribution is -2.21. The Balaban J connectivity index is 1.96. The topological polar surface area (TPSA) is 24.9 Å². The summed E-state index contributed by atoms with van der Waals surface area (Å²) in [5.41, 5.74) is 2.54. The first-order chi connectivity index (χ1) is 8.26. The van der Waals surface area contributed by atoms with Crippen molar-refractivity contribution < 1.29 is 0 Å². The summed E-state index contributed by atoms with van der Waals surface area (Å²) < 4.78 is 1.32. The van der Waals surface area contributed by atoms with Crippen molar-refractivity contribution in [3.05, 3.63) is 28.8 Å². The van der Waals surface area contributed by atoms with Crippen LogP contribution in [-0.4, -0.2) is 16.8 Å². The maximum Gasteiger partial charge on any atom is 0.121 e. The summed E-state index contributed by atoms with van der Waals surface area (Å²) >= 11 is 3.80. The largest absolute Gasteiger partial charge is 0.296 e. The Kier molecular flexibility index (Phi) is 3.11. The Labute approximate surface area is 110 Å². The number of nitrogens with zero attached hydrogens (tertiary/aromatic N) is 1. The molecule has 90 valence electrons. The molecular weight excluding hydrogens is 248 g/mol. The minimum Gasteiger partial charge on any atom is -0.296 e. The molecule has 0 spiro atoms. The molecule has 1 unspecified atom stereocenters. The van der Waals surface area contributed by atoms with Gasteiger partial charge in [0, 0.05) is 11.8 Å². The van der Waals surface area contributed by atoms with Crippen LogP contribution in [0.15, 0.2) is 18.2 Å². The van der Waals surface area contributed by atoms with Crippen molar-refractivity contribution in [2.24, 2.45) is 0 Å². The molecule has 3 rings (SSSR count). The zero-order chi connectivity index (χ0) is 11.8. The second-order valence-electron chi connectivity index (χ2n) is 4.49. The van der Waals surface area contributed by atoms with Crippen LogP contribution in [0.25, 0.3) is 10.2 Å². The van der Waals surface area contributed by atoms with Crippen LogP contribution in [0.4, 0.5) is 0 Å². The standard InChI is InChI=1S/C13H16N2S2/c1-3-9-4-5-10-11(6-9)17-13(15-10)12-14-8(2)7-16-12/h4-6,8,12,14H,3,7H2,1-2H3/t8-,12?/m0/s1. The number of thiazole rings is 1. The Hall–Kier alpha value is -0.580. The summed E-state index contributed by atoms with van der Waals surface area (Å²) in [6, 6.07) is 7.21. The molecule has 4 heteroatoms. The quantitative estimate of drug-likeness (QED) is 0.897. The van der Waals surface area contributed by atoms with Crippen molar-refractivity contribution in [1.82, 2.24) is 10.3 Å². The van der Waals surface area contributed by atoms with Gasteiger partial charge in [-0.3, -0.25) is 5.32 Å². The van der Waals surface area contributed by atoms with Gasteiger partial charge in [0.15, 0.2) is 0 Å². The first-order valence-electron chi connectivity index (χ1n) is 6.03. The van der Waals surface area contributed by atoms with Crippen LogP contribution >= 0.6 is 23.1 Å². The lowest BCUT2D eigenvalue weighted by atomic mass is 10.2. The number of aromatic nitrogens is 1. The molecule has 2 aromatic rings. The molecule has 2 atom stereocenters. The van der Waals surface area contributed by atoms with E-state index < -0.39 is 0 Å². The third-order valence-corrected chi connectivity index (χ3v) is 5.67. The lowest BCUT2D eigenvalue weighted by molar-refractivity contribution is 0.617. The number of nitrogens with one attached hydrogen (secondary N) is 1. The molecule has 1 N–H and O–H groups in total. The maximum atomic E-state index is 4.74. The molecule has 1 aliphatic rings. The highest BCUT2D eigenvalue weighted by Gasteiger charge is 2.25. The predicted octanol–water partition coefficient (Wildman–Crippen LogP) is 3.58. The van der Waals surface area contributed by atoms with Gasteiger partial charge in [-0.15, -0.1) is 23.1 Å². The zero-order valence-corrected chi connectivity index (χ0v) is 11.7. The van der Waals surface area contributed by atoms with Gasteiger partial charge in [0.1, 0.15) is 10.4 Å². The Bertz CT molecular complexity index is 535. The molecule has 2 heterocycles. The Morgan fingerprint density at radius 3 is 3.06 bits per heavy atom. The second kappa shape index (κ2) is 4.59. The molecule has 1 aromatic carbocycles. The predicted molar refractivity (Wildman–Crippen MR) is 76.8 cm³/mol. The average molecular weight is 264 g/mol. The first kappa shape index (κ1) is 11.5. The molecule has 1 saturated heterocycles. The van der Waals surface area contributed by atoms with Gasteiger partial charge in [0.05, 0.1) is 10.2 Å². The normalized spacial score (nSPS) is 24.6. The van der Waals surface area contributed by atoms with E-state index in [1.165, 1.54) is 21.0 Å². The van der Waals surface area contributed by atoms with Crippen LogP contribution in [-0.2, 0) is 6.42 Å². The minimum atomic E-state index is 0.396. The van der Waals surface area contributed by atoms with Crippen molar-refractivity contribution in [3.63, 3.8) is 0 Å². The fourth-order valence-electron chi connectivity index (χ4n) is 2.06. The molecular formula is C13H16N2S2. The molecule has 1 fully saturated rings. The fraction of sp³-hybridized carbons (Fsp3) is 0.462. The summed E-state index contributed by atoms with van der Waals surface area (Å²) in [5.74, 6) is 1.18. The maximum absolute atomic E-state index is 4.74. The van der Waals surface area contributed by atoms with Crippen LogP contribution in [0.2, 0.25) is 0 Å². The van der Waals surface area contributed by atoms with Crippen molar-refractivity contribution in [2.75, 3.05) is 5.75 Å². The van der Waals surface area contributed by atoms with E-state index in [4.69, 9.17) is 4.98 Å². The molecule has 1 aliphatic heterocycles. The number of hydrogen-bond donors (Lipinski definition) is 1. The van der Waals surface area contributed by atoms with Gasteiger partial charge in [-0.25, -0.2) is 4.98 Å². The summed E-state index contributed by atoms with van der Waals surface area (Å²) in [4.78, 5) is 4.74. The number of benzene rings is 1. The van der Waals surface area contributed by atoms with Crippen molar-refractivity contribution in [1.29, 1.82) is 0 Å². The monoisotopic (exact) mass is 264 g/mol. The number of aryl methyl sites for hydroxylation is 1. The highest BCUT2D eigenvalue weighted by atomic mass is 32.2. The van der Waals surface area contributed by atoms with E-state index in [1.54, 1.807) is 0 Å². The second-order valence-corrected chi connectivity index (χ2v) is 6.69. The van der Waals surface area contributed by atoms with Crippen molar-refractivity contribution in [2.45, 2.75) is 31.7 Å². The van der Waals surface area contributed by atoms with E-state index in [1.807, 2.05) is 23.1 Å². The van der Waals surface area contributed by atoms with Gasteiger partial charge in [-0.05, 0) is 31.0 Å². The minimum absolute atomic E-state index is 0.396. The number of fused-ring (bicyclic) bond motifs is 1. The number of rotatable bonds is 2. The third kappa shape index (κ3) is 2.21. The van der Waals surface area contributed by atoms with Crippen LogP contribution in [0.5, 0.6) is 0 Å². The third-order valence-electron chi connectivity index (χ3n) is 3.05. The summed E-state index contributed by atoms with van der Waals surface area (Å²) in [6.07, 6.45) is 1.09. The zero-order valence-electron chi connectivity index (χ0n) is 10.1. The molecule has 0 aliphatic carbocycles. The SMILES string of the molecule is CCc1ccc2nc(C3N[C@@H](C)CS3)sc2c1. The van der Waals surface area contributed by atoms with E-state index >= 15 is 0 Å². The fourth-order valence-corrected chi connectivity index (χ4v) is 4.48. The Morgan fingerprint density at radius 1 is 1.47 bits per heavy atom. The van der Waals surface area contributed by atoms with Crippen molar-refractivity contribution >= 4 is 33.3 Å². The molecule has 1 aromatic heterocycles. The van der Waals surface area contributed by atoms with Crippen LogP contribution < -0.4 is 5.32 Å². The molecule has 2 nitrogen and oxygen atoms in total. The summed E-state index contributed by atoms with van der Waals surface area (Å²) in [7, 11) is 0. The van der Waals surface area contributed by atoms with E-state index in [2.05, 4.69) is 37.4 Å². The molecule has 0 bridgehead atoms. The van der Waals surface area contributed by atoms with Crippen LogP contribution in [0, 0.1) is 0 Å². The van der Waals surface area contributed by atoms with Gasteiger partial charge in [0.25, 0.3) is 0 Å². The molecule has 17 heavy (non-hydrogen) atoms. The van der Waals surface area contributed by atoms with Gasteiger partial charge < -0.3 is 0 Å². The highest BCUT2D eigenvalue weighted by molar-refractivity contribution is 7.99. The van der Waals surface area contributed by atoms with E-state index in [-0.39, 0.29) is 0 Å². The smallest absolute Gasteiger partial charge is 0.121 e. The first-order valence-corrected chi connectivity index (χ1v) is 7.90. The van der Waals surface area contributed by atoms with E-state index in [0.29, 0.717) is 11.4 Å². The highest BCUT2D eigenvalue weighted by Crippen LogP contribution is 2.37. The van der Waals surface area contributed by atoms with E-state index in [9.17, 15) is 0 Å². The molecule has 0 radical (unpaired) electrons. The average Bonchev–Trinajstić information content (AvgIpc) is 2.93. The molecule has 0 saturated carbocycles. The van der Waals surface area contributed by atoms with Crippen LogP contribution in [0.1, 0.15) is 29.8 Å². The van der Waals surface area contributed by atoms with Gasteiger partial charge in [-0.1, -0.05) is 13.0 Å². The summed E-state index contributed by atoms with van der Waals surface area (Å²) in [5, 5.41) is 5.19. The van der Waals surface area contributed by atoms with Gasteiger partial charge in [-0.2, -0.15) is 0 Å². The Morgan fingerprint density at radius 2 is 2.35 bits per heavy atom. The lowest BCUT2D eigenvalue weighted by Gasteiger charge is -2.05. The van der Waals surface area contributed by atoms with Crippen LogP contribution in [0.3, 0.4) is 0 Å². The molecule has 0 amide bonds. The van der Waals surface area contributed by atoms with Crippen molar-refractivity contribution in [3.8, 4) is 0 Å².